The van der Waals surface area contributed by atoms with Crippen molar-refractivity contribution in [1.29, 1.82) is 0 Å². The van der Waals surface area contributed by atoms with E-state index in [-0.39, 0.29) is 11.3 Å². The van der Waals surface area contributed by atoms with Gasteiger partial charge in [-0.1, -0.05) is 11.6 Å². The quantitative estimate of drug-likeness (QED) is 0.425. The molecule has 2 heterocycles. The summed E-state index contributed by atoms with van der Waals surface area (Å²) in [7, 11) is 1.77. The van der Waals surface area contributed by atoms with Crippen molar-refractivity contribution in [3.05, 3.63) is 88.6 Å². The summed E-state index contributed by atoms with van der Waals surface area (Å²) in [6.45, 7) is 0. The van der Waals surface area contributed by atoms with Gasteiger partial charge in [-0.25, -0.2) is 0 Å². The number of benzene rings is 2. The predicted octanol–water partition coefficient (Wildman–Crippen LogP) is 5.53. The molecule has 0 radical (unpaired) electrons. The maximum absolute atomic E-state index is 12.9. The normalized spacial score (nSPS) is 11.4. The topological polar surface area (TPSA) is 61.1 Å². The smallest absolute Gasteiger partial charge is 0.406 e. The van der Waals surface area contributed by atoms with Crippen LogP contribution in [0.25, 0.3) is 16.8 Å². The molecule has 4 aromatic rings. The Morgan fingerprint density at radius 1 is 1.03 bits per heavy atom. The summed E-state index contributed by atoms with van der Waals surface area (Å²) in [6.07, 6.45) is 0.257. The summed E-state index contributed by atoms with van der Waals surface area (Å²) >= 11 is 5.94. The maximum atomic E-state index is 12.9. The number of ether oxygens (including phenoxy) is 1. The van der Waals surface area contributed by atoms with Gasteiger partial charge in [-0.2, -0.15) is 5.10 Å². The molecule has 0 aliphatic heterocycles. The van der Waals surface area contributed by atoms with Gasteiger partial charge in [0.05, 0.1) is 11.9 Å². The Kier molecular flexibility index (Phi) is 5.67. The van der Waals surface area contributed by atoms with Gasteiger partial charge < -0.3 is 10.1 Å². The van der Waals surface area contributed by atoms with Gasteiger partial charge >= 0.3 is 6.36 Å². The highest BCUT2D eigenvalue weighted by molar-refractivity contribution is 6.30. The minimum Gasteiger partial charge on any atom is -0.406 e. The molecule has 0 aliphatic carbocycles. The van der Waals surface area contributed by atoms with Crippen LogP contribution in [-0.4, -0.2) is 20.7 Å². The van der Waals surface area contributed by atoms with Crippen LogP contribution in [0.1, 0.15) is 0 Å². The van der Waals surface area contributed by atoms with Crippen LogP contribution in [0, 0.1) is 0 Å². The van der Waals surface area contributed by atoms with Crippen LogP contribution >= 0.6 is 11.6 Å². The molecule has 0 saturated carbocycles. The average molecular weight is 461 g/mol. The van der Waals surface area contributed by atoms with Crippen LogP contribution in [0.15, 0.2) is 78.0 Å². The highest BCUT2D eigenvalue weighted by Gasteiger charge is 2.31. The molecule has 2 aromatic heterocycles. The minimum atomic E-state index is -4.79. The highest BCUT2D eigenvalue weighted by Crippen LogP contribution is 2.30. The fourth-order valence-corrected chi connectivity index (χ4v) is 3.25. The molecular formula is C22H16ClF3N4O2. The number of alkyl halides is 3. The number of aryl methyl sites for hydroxylation is 1. The number of halogens is 4. The summed E-state index contributed by atoms with van der Waals surface area (Å²) in [5.41, 5.74) is 2.69. The third-order valence-corrected chi connectivity index (χ3v) is 4.79. The lowest BCUT2D eigenvalue weighted by atomic mass is 10.1. The lowest BCUT2D eigenvalue weighted by molar-refractivity contribution is -0.274. The maximum Gasteiger partial charge on any atom is 0.573 e. The van der Waals surface area contributed by atoms with Crippen molar-refractivity contribution in [3.8, 4) is 22.6 Å². The van der Waals surface area contributed by atoms with Gasteiger partial charge in [0.1, 0.15) is 5.75 Å². The number of aromatic nitrogens is 3. The molecule has 164 valence electrons. The van der Waals surface area contributed by atoms with Crippen LogP contribution in [0.2, 0.25) is 5.02 Å². The fourth-order valence-electron chi connectivity index (χ4n) is 3.13. The van der Waals surface area contributed by atoms with Crippen LogP contribution < -0.4 is 15.6 Å². The number of hydrogen-bond acceptors (Lipinski definition) is 4. The number of anilines is 2. The van der Waals surface area contributed by atoms with Crippen molar-refractivity contribution in [1.82, 2.24) is 14.3 Å². The van der Waals surface area contributed by atoms with E-state index in [1.165, 1.54) is 22.8 Å². The Balaban J connectivity index is 1.76. The van der Waals surface area contributed by atoms with Crippen molar-refractivity contribution in [3.63, 3.8) is 0 Å². The molecule has 0 bridgehead atoms. The van der Waals surface area contributed by atoms with Crippen LogP contribution in [0.3, 0.4) is 0 Å². The molecule has 10 heteroatoms. The van der Waals surface area contributed by atoms with Crippen molar-refractivity contribution in [2.45, 2.75) is 6.36 Å². The van der Waals surface area contributed by atoms with Crippen molar-refractivity contribution in [2.24, 2.45) is 7.05 Å². The van der Waals surface area contributed by atoms with E-state index >= 15 is 0 Å². The van der Waals surface area contributed by atoms with Gasteiger partial charge in [0, 0.05) is 53.0 Å². The van der Waals surface area contributed by atoms with E-state index in [0.717, 1.165) is 23.4 Å². The third-order valence-electron chi connectivity index (χ3n) is 4.54. The van der Waals surface area contributed by atoms with Crippen molar-refractivity contribution < 1.29 is 17.9 Å². The first-order chi connectivity index (χ1) is 15.2. The molecule has 1 N–H and O–H groups in total. The Morgan fingerprint density at radius 3 is 2.31 bits per heavy atom. The highest BCUT2D eigenvalue weighted by atomic mass is 35.5. The molecule has 6 nitrogen and oxygen atoms in total. The Hall–Kier alpha value is -3.72. The third kappa shape index (κ3) is 4.94. The fraction of sp³-hybridized carbons (Fsp3) is 0.0909. The molecule has 4 rings (SSSR count). The molecule has 0 aliphatic rings. The molecule has 32 heavy (non-hydrogen) atoms. The zero-order valence-electron chi connectivity index (χ0n) is 16.6. The second-order valence-electron chi connectivity index (χ2n) is 6.89. The van der Waals surface area contributed by atoms with Gasteiger partial charge in [0.15, 0.2) is 0 Å². The zero-order chi connectivity index (χ0) is 22.9. The van der Waals surface area contributed by atoms with Gasteiger partial charge in [-0.05, 0) is 48.5 Å². The van der Waals surface area contributed by atoms with Crippen LogP contribution in [0.4, 0.5) is 24.5 Å². The van der Waals surface area contributed by atoms with Crippen LogP contribution in [0.5, 0.6) is 5.75 Å². The second-order valence-corrected chi connectivity index (χ2v) is 7.32. The molecule has 0 unspecified atom stereocenters. The number of nitrogens with one attached hydrogen (secondary N) is 1. The van der Waals surface area contributed by atoms with E-state index in [4.69, 9.17) is 11.6 Å². The molecular weight excluding hydrogens is 445 g/mol. The lowest BCUT2D eigenvalue weighted by Crippen LogP contribution is -2.19. The Labute approximate surface area is 185 Å². The Bertz CT molecular complexity index is 1300. The molecule has 2 aromatic carbocycles. The number of nitrogens with zero attached hydrogens (tertiary/aromatic N) is 3. The number of rotatable bonds is 5. The molecule has 0 spiro atoms. The largest absolute Gasteiger partial charge is 0.573 e. The molecule has 0 amide bonds. The summed E-state index contributed by atoms with van der Waals surface area (Å²) in [5, 5.41) is 7.97. The predicted molar refractivity (Wildman–Crippen MR) is 116 cm³/mol. The monoisotopic (exact) mass is 460 g/mol. The number of pyridine rings is 1. The zero-order valence-corrected chi connectivity index (χ0v) is 17.4. The van der Waals surface area contributed by atoms with E-state index in [1.54, 1.807) is 54.6 Å². The molecule has 0 atom stereocenters. The van der Waals surface area contributed by atoms with Gasteiger partial charge in [-0.15, -0.1) is 13.2 Å². The minimum absolute atomic E-state index is 0.372. The van der Waals surface area contributed by atoms with E-state index in [9.17, 15) is 18.0 Å². The summed E-state index contributed by atoms with van der Waals surface area (Å²) in [5.74, 6) is -0.372. The SMILES string of the molecule is Cn1cc(-c2cn(-c3ccc(OC(F)(F)F)cc3)c(=O)cc2Nc2ccc(Cl)cc2)cn1. The molecule has 0 fully saturated rings. The first kappa shape index (κ1) is 21.5. The summed E-state index contributed by atoms with van der Waals surface area (Å²) in [6, 6.07) is 13.5. The van der Waals surface area contributed by atoms with Crippen molar-refractivity contribution in [2.75, 3.05) is 5.32 Å². The second kappa shape index (κ2) is 8.43. The molecule has 0 saturated heterocycles. The standard InChI is InChI=1S/C22H16ClF3N4O2/c1-29-12-14(11-27-29)19-13-30(17-6-8-18(9-7-17)32-22(24,25)26)21(31)10-20(19)28-16-4-2-15(23)3-5-16/h2-13,28H,1H3. The van der Waals surface area contributed by atoms with Crippen molar-refractivity contribution >= 4 is 23.0 Å². The van der Waals surface area contributed by atoms with Gasteiger partial charge in [-0.3, -0.25) is 14.0 Å². The van der Waals surface area contributed by atoms with E-state index in [1.807, 2.05) is 0 Å². The van der Waals surface area contributed by atoms with Gasteiger partial charge in [0.25, 0.3) is 5.56 Å². The van der Waals surface area contributed by atoms with E-state index < -0.39 is 6.36 Å². The number of hydrogen-bond donors (Lipinski definition) is 1. The first-order valence-electron chi connectivity index (χ1n) is 9.32. The Morgan fingerprint density at radius 2 is 1.72 bits per heavy atom. The summed E-state index contributed by atoms with van der Waals surface area (Å²) < 4.78 is 44.1. The first-order valence-corrected chi connectivity index (χ1v) is 9.70. The van der Waals surface area contributed by atoms with Gasteiger partial charge in [0.2, 0.25) is 0 Å². The van der Waals surface area contributed by atoms with E-state index in [0.29, 0.717) is 22.0 Å². The average Bonchev–Trinajstić information content (AvgIpc) is 3.15. The summed E-state index contributed by atoms with van der Waals surface area (Å²) in [4.78, 5) is 12.9. The lowest BCUT2D eigenvalue weighted by Gasteiger charge is -2.15. The van der Waals surface area contributed by atoms with E-state index in [2.05, 4.69) is 15.2 Å². The van der Waals surface area contributed by atoms with Crippen LogP contribution in [-0.2, 0) is 7.05 Å².